The van der Waals surface area contributed by atoms with Gasteiger partial charge in [0.1, 0.15) is 0 Å². The smallest absolute Gasteiger partial charge is 0.0847 e. The highest BCUT2D eigenvalue weighted by Crippen LogP contribution is 2.32. The molecule has 1 atom stereocenters. The van der Waals surface area contributed by atoms with Gasteiger partial charge in [0.25, 0.3) is 0 Å². The summed E-state index contributed by atoms with van der Waals surface area (Å²) in [5.74, 6) is 0. The first kappa shape index (κ1) is 8.73. The third-order valence-electron chi connectivity index (χ3n) is 1.96. The average Bonchev–Trinajstić information content (AvgIpc) is 1.79. The SMILES string of the molecule is Brc1cc(Br)cc(C2CCO2)c1. The van der Waals surface area contributed by atoms with E-state index in [4.69, 9.17) is 4.74 Å². The van der Waals surface area contributed by atoms with Crippen molar-refractivity contribution in [1.82, 2.24) is 0 Å². The first-order chi connectivity index (χ1) is 5.75. The van der Waals surface area contributed by atoms with E-state index in [1.165, 1.54) is 5.56 Å². The molecule has 64 valence electrons. The molecule has 1 aromatic rings. The second-order valence-electron chi connectivity index (χ2n) is 2.85. The molecule has 3 heteroatoms. The zero-order valence-electron chi connectivity index (χ0n) is 6.39. The molecule has 0 spiro atoms. The predicted octanol–water partition coefficient (Wildman–Crippen LogP) is 3.67. The van der Waals surface area contributed by atoms with Crippen LogP contribution in [-0.4, -0.2) is 6.61 Å². The van der Waals surface area contributed by atoms with Crippen molar-refractivity contribution in [2.24, 2.45) is 0 Å². The number of benzene rings is 1. The normalized spacial score (nSPS) is 22.0. The van der Waals surface area contributed by atoms with E-state index >= 15 is 0 Å². The minimum absolute atomic E-state index is 0.318. The van der Waals surface area contributed by atoms with Crippen LogP contribution in [0.4, 0.5) is 0 Å². The van der Waals surface area contributed by atoms with Gasteiger partial charge < -0.3 is 4.74 Å². The molecule has 2 rings (SSSR count). The Morgan fingerprint density at radius 1 is 1.17 bits per heavy atom. The van der Waals surface area contributed by atoms with E-state index < -0.39 is 0 Å². The minimum atomic E-state index is 0.318. The maximum atomic E-state index is 5.39. The lowest BCUT2D eigenvalue weighted by atomic mass is 10.0. The molecule has 12 heavy (non-hydrogen) atoms. The summed E-state index contributed by atoms with van der Waals surface area (Å²) in [6.07, 6.45) is 1.46. The lowest BCUT2D eigenvalue weighted by Crippen LogP contribution is -2.18. The van der Waals surface area contributed by atoms with Gasteiger partial charge in [0, 0.05) is 15.4 Å². The van der Waals surface area contributed by atoms with Crippen LogP contribution in [0.1, 0.15) is 18.1 Å². The van der Waals surface area contributed by atoms with Gasteiger partial charge in [-0.05, 0) is 23.8 Å². The summed E-state index contributed by atoms with van der Waals surface area (Å²) in [6, 6.07) is 6.24. The van der Waals surface area contributed by atoms with E-state index in [0.717, 1.165) is 22.0 Å². The Hall–Kier alpha value is 0.140. The fourth-order valence-corrected chi connectivity index (χ4v) is 2.59. The largest absolute Gasteiger partial charge is 0.373 e. The lowest BCUT2D eigenvalue weighted by molar-refractivity contribution is -0.0527. The summed E-state index contributed by atoms with van der Waals surface area (Å²) < 4.78 is 7.58. The molecule has 1 fully saturated rings. The van der Waals surface area contributed by atoms with Crippen LogP contribution in [0.2, 0.25) is 0 Å². The highest BCUT2D eigenvalue weighted by molar-refractivity contribution is 9.11. The minimum Gasteiger partial charge on any atom is -0.373 e. The molecule has 1 heterocycles. The molecule has 1 saturated heterocycles. The van der Waals surface area contributed by atoms with Crippen LogP contribution < -0.4 is 0 Å². The number of hydrogen-bond acceptors (Lipinski definition) is 1. The second-order valence-corrected chi connectivity index (χ2v) is 4.68. The second kappa shape index (κ2) is 3.48. The first-order valence-corrected chi connectivity index (χ1v) is 5.42. The number of hydrogen-bond donors (Lipinski definition) is 0. The molecule has 1 nitrogen and oxygen atoms in total. The summed E-state index contributed by atoms with van der Waals surface area (Å²) in [6.45, 7) is 0.898. The maximum Gasteiger partial charge on any atom is 0.0847 e. The Bertz CT molecular complexity index is 274. The van der Waals surface area contributed by atoms with Crippen molar-refractivity contribution in [3.8, 4) is 0 Å². The monoisotopic (exact) mass is 290 g/mol. The van der Waals surface area contributed by atoms with Gasteiger partial charge in [0.05, 0.1) is 12.7 Å². The zero-order valence-corrected chi connectivity index (χ0v) is 9.56. The maximum absolute atomic E-state index is 5.39. The van der Waals surface area contributed by atoms with E-state index in [-0.39, 0.29) is 0 Å². The molecule has 1 aliphatic heterocycles. The van der Waals surface area contributed by atoms with Crippen molar-refractivity contribution >= 4 is 31.9 Å². The average molecular weight is 292 g/mol. The summed E-state index contributed by atoms with van der Waals surface area (Å²) in [7, 11) is 0. The van der Waals surface area contributed by atoms with Gasteiger partial charge in [-0.3, -0.25) is 0 Å². The van der Waals surface area contributed by atoms with Crippen LogP contribution in [0.15, 0.2) is 27.1 Å². The van der Waals surface area contributed by atoms with Crippen molar-refractivity contribution < 1.29 is 4.74 Å². The fraction of sp³-hybridized carbons (Fsp3) is 0.333. The molecule has 0 bridgehead atoms. The van der Waals surface area contributed by atoms with E-state index in [0.29, 0.717) is 6.10 Å². The predicted molar refractivity (Wildman–Crippen MR) is 55.2 cm³/mol. The van der Waals surface area contributed by atoms with Crippen LogP contribution in [0, 0.1) is 0 Å². The first-order valence-electron chi connectivity index (χ1n) is 3.83. The quantitative estimate of drug-likeness (QED) is 0.767. The van der Waals surface area contributed by atoms with Gasteiger partial charge in [-0.25, -0.2) is 0 Å². The van der Waals surface area contributed by atoms with Crippen molar-refractivity contribution in [3.63, 3.8) is 0 Å². The standard InChI is InChI=1S/C9H8Br2O/c10-7-3-6(4-8(11)5-7)9-1-2-12-9/h3-5,9H,1-2H2. The van der Waals surface area contributed by atoms with Crippen LogP contribution in [0.3, 0.4) is 0 Å². The molecule has 0 aliphatic carbocycles. The zero-order chi connectivity index (χ0) is 8.55. The third-order valence-corrected chi connectivity index (χ3v) is 2.87. The van der Waals surface area contributed by atoms with Crippen LogP contribution >= 0.6 is 31.9 Å². The van der Waals surface area contributed by atoms with Crippen molar-refractivity contribution in [1.29, 1.82) is 0 Å². The Balaban J connectivity index is 2.30. The summed E-state index contributed by atoms with van der Waals surface area (Å²) in [5.41, 5.74) is 1.25. The molecular weight excluding hydrogens is 284 g/mol. The highest BCUT2D eigenvalue weighted by atomic mass is 79.9. The molecular formula is C9H8Br2O. The van der Waals surface area contributed by atoms with Gasteiger partial charge in [0.15, 0.2) is 0 Å². The van der Waals surface area contributed by atoms with Crippen LogP contribution in [0.25, 0.3) is 0 Å². The van der Waals surface area contributed by atoms with Gasteiger partial charge in [-0.2, -0.15) is 0 Å². The van der Waals surface area contributed by atoms with Gasteiger partial charge >= 0.3 is 0 Å². The van der Waals surface area contributed by atoms with Crippen LogP contribution in [-0.2, 0) is 4.74 Å². The lowest BCUT2D eigenvalue weighted by Gasteiger charge is -2.27. The van der Waals surface area contributed by atoms with Gasteiger partial charge in [-0.1, -0.05) is 31.9 Å². The molecule has 0 N–H and O–H groups in total. The summed E-state index contributed by atoms with van der Waals surface area (Å²) >= 11 is 6.90. The molecule has 0 saturated carbocycles. The molecule has 0 radical (unpaired) electrons. The Morgan fingerprint density at radius 3 is 2.17 bits per heavy atom. The summed E-state index contributed by atoms with van der Waals surface area (Å²) in [4.78, 5) is 0. The number of ether oxygens (including phenoxy) is 1. The molecule has 0 aromatic heterocycles. The topological polar surface area (TPSA) is 9.23 Å². The number of rotatable bonds is 1. The molecule has 1 aromatic carbocycles. The molecule has 1 unspecified atom stereocenters. The van der Waals surface area contributed by atoms with E-state index in [2.05, 4.69) is 44.0 Å². The Morgan fingerprint density at radius 2 is 1.75 bits per heavy atom. The van der Waals surface area contributed by atoms with Gasteiger partial charge in [-0.15, -0.1) is 0 Å². The van der Waals surface area contributed by atoms with E-state index in [1.807, 2.05) is 6.07 Å². The van der Waals surface area contributed by atoms with E-state index in [1.54, 1.807) is 0 Å². The molecule has 1 aliphatic rings. The van der Waals surface area contributed by atoms with Crippen LogP contribution in [0.5, 0.6) is 0 Å². The van der Waals surface area contributed by atoms with Crippen molar-refractivity contribution in [3.05, 3.63) is 32.7 Å². The fourth-order valence-electron chi connectivity index (χ4n) is 1.26. The highest BCUT2D eigenvalue weighted by Gasteiger charge is 2.20. The van der Waals surface area contributed by atoms with Crippen molar-refractivity contribution in [2.75, 3.05) is 6.61 Å². The summed E-state index contributed by atoms with van der Waals surface area (Å²) in [5, 5.41) is 0. The van der Waals surface area contributed by atoms with Crippen molar-refractivity contribution in [2.45, 2.75) is 12.5 Å². The third kappa shape index (κ3) is 1.73. The van der Waals surface area contributed by atoms with Gasteiger partial charge in [0.2, 0.25) is 0 Å². The van der Waals surface area contributed by atoms with E-state index in [9.17, 15) is 0 Å². The Kier molecular flexibility index (Phi) is 2.53. The molecule has 0 amide bonds. The Labute approximate surface area is 88.4 Å². The number of halogens is 2.